The van der Waals surface area contributed by atoms with Gasteiger partial charge in [0.15, 0.2) is 0 Å². The second-order valence-electron chi connectivity index (χ2n) is 4.79. The number of aromatic nitrogens is 2. The smallest absolute Gasteiger partial charge is 0.143 e. The van der Waals surface area contributed by atoms with Gasteiger partial charge >= 0.3 is 0 Å². The Bertz CT molecular complexity index is 957. The van der Waals surface area contributed by atoms with Gasteiger partial charge in [-0.1, -0.05) is 36.4 Å². The Morgan fingerprint density at radius 3 is 2.25 bits per heavy atom. The van der Waals surface area contributed by atoms with Crippen LogP contribution in [0.25, 0.3) is 11.1 Å². The van der Waals surface area contributed by atoms with Gasteiger partial charge in [-0.05, 0) is 29.5 Å². The average Bonchev–Trinajstić information content (AvgIpc) is 2.63. The van der Waals surface area contributed by atoms with Crippen LogP contribution in [0.3, 0.4) is 0 Å². The molecule has 6 heteroatoms. The first-order valence-electron chi connectivity index (χ1n) is 7.02. The fraction of sp³-hybridized carbons (Fsp3) is 0. The number of anilines is 1. The van der Waals surface area contributed by atoms with Crippen LogP contribution in [-0.2, 0) is 0 Å². The maximum Gasteiger partial charge on any atom is 0.143 e. The van der Waals surface area contributed by atoms with E-state index in [-0.39, 0.29) is 11.4 Å². The molecule has 0 unspecified atom stereocenters. The lowest BCUT2D eigenvalue weighted by molar-refractivity contribution is 1.08. The van der Waals surface area contributed by atoms with Crippen LogP contribution in [0.15, 0.2) is 64.8 Å². The highest BCUT2D eigenvalue weighted by Gasteiger charge is 2.20. The van der Waals surface area contributed by atoms with Crippen molar-refractivity contribution in [3.63, 3.8) is 0 Å². The first kappa shape index (κ1) is 15.5. The number of hydrogen-bond acceptors (Lipinski definition) is 6. The van der Waals surface area contributed by atoms with Crippen molar-refractivity contribution in [2.45, 2.75) is 10.1 Å². The van der Waals surface area contributed by atoms with Gasteiger partial charge in [-0.25, -0.2) is 9.97 Å². The molecule has 0 atom stereocenters. The second kappa shape index (κ2) is 6.82. The molecule has 3 aromatic rings. The molecule has 0 amide bonds. The molecule has 5 nitrogen and oxygen atoms in total. The molecule has 0 aliphatic heterocycles. The largest absolute Gasteiger partial charge is 0.383 e. The molecular formula is C18H11N5S. The fourth-order valence-electron chi connectivity index (χ4n) is 2.27. The molecule has 0 aliphatic carbocycles. The highest BCUT2D eigenvalue weighted by molar-refractivity contribution is 7.99. The van der Waals surface area contributed by atoms with E-state index in [2.05, 4.69) is 22.1 Å². The summed E-state index contributed by atoms with van der Waals surface area (Å²) in [6.07, 6.45) is 1.67. The molecule has 0 bridgehead atoms. The minimum absolute atomic E-state index is 0.105. The van der Waals surface area contributed by atoms with Crippen molar-refractivity contribution in [1.82, 2.24) is 9.97 Å². The molecule has 2 N–H and O–H groups in total. The standard InChI is InChI=1S/C18H11N5S/c19-10-13-16(12-6-2-1-3-7-12)14(11-20)18(23-17(13)21)24-15-8-4-5-9-22-15/h1-9H,(H2,21,23). The monoisotopic (exact) mass is 329 g/mol. The van der Waals surface area contributed by atoms with Crippen molar-refractivity contribution in [3.8, 4) is 23.3 Å². The van der Waals surface area contributed by atoms with Gasteiger partial charge in [0.1, 0.15) is 33.6 Å². The molecule has 3 rings (SSSR count). The minimum Gasteiger partial charge on any atom is -0.383 e. The van der Waals surface area contributed by atoms with Gasteiger partial charge in [-0.3, -0.25) is 0 Å². The highest BCUT2D eigenvalue weighted by atomic mass is 32.2. The van der Waals surface area contributed by atoms with Crippen LogP contribution in [0.4, 0.5) is 5.82 Å². The molecule has 0 fully saturated rings. The topological polar surface area (TPSA) is 99.4 Å². The summed E-state index contributed by atoms with van der Waals surface area (Å²) in [5.74, 6) is 0.105. The summed E-state index contributed by atoms with van der Waals surface area (Å²) in [5.41, 5.74) is 7.76. The quantitative estimate of drug-likeness (QED) is 0.788. The van der Waals surface area contributed by atoms with Crippen LogP contribution >= 0.6 is 11.8 Å². The SMILES string of the molecule is N#Cc1c(N)nc(Sc2ccccn2)c(C#N)c1-c1ccccc1. The number of nitriles is 2. The van der Waals surface area contributed by atoms with Crippen LogP contribution in [0.5, 0.6) is 0 Å². The summed E-state index contributed by atoms with van der Waals surface area (Å²) in [7, 11) is 0. The third-order valence-electron chi connectivity index (χ3n) is 3.32. The number of benzene rings is 1. The fourth-order valence-corrected chi connectivity index (χ4v) is 3.12. The Balaban J connectivity index is 2.24. The Kier molecular flexibility index (Phi) is 4.42. The van der Waals surface area contributed by atoms with Crippen LogP contribution in [-0.4, -0.2) is 9.97 Å². The molecule has 114 valence electrons. The Morgan fingerprint density at radius 2 is 1.62 bits per heavy atom. The van der Waals surface area contributed by atoms with E-state index in [9.17, 15) is 10.5 Å². The predicted octanol–water partition coefficient (Wildman–Crippen LogP) is 3.62. The van der Waals surface area contributed by atoms with E-state index in [1.165, 1.54) is 11.8 Å². The van der Waals surface area contributed by atoms with Crippen molar-refractivity contribution in [3.05, 3.63) is 65.9 Å². The summed E-state index contributed by atoms with van der Waals surface area (Å²) < 4.78 is 0. The van der Waals surface area contributed by atoms with E-state index in [1.807, 2.05) is 48.5 Å². The normalized spacial score (nSPS) is 9.92. The zero-order valence-corrected chi connectivity index (χ0v) is 13.3. The molecule has 0 aliphatic rings. The number of nitrogen functional groups attached to an aromatic ring is 1. The van der Waals surface area contributed by atoms with Crippen molar-refractivity contribution < 1.29 is 0 Å². The van der Waals surface area contributed by atoms with E-state index in [4.69, 9.17) is 5.73 Å². The summed E-state index contributed by atoms with van der Waals surface area (Å²) in [5, 5.41) is 20.3. The molecule has 0 spiro atoms. The van der Waals surface area contributed by atoms with E-state index in [0.29, 0.717) is 21.2 Å². The van der Waals surface area contributed by atoms with E-state index < -0.39 is 0 Å². The maximum atomic E-state index is 9.68. The predicted molar refractivity (Wildman–Crippen MR) is 91.9 cm³/mol. The van der Waals surface area contributed by atoms with Gasteiger partial charge in [0.25, 0.3) is 0 Å². The highest BCUT2D eigenvalue weighted by Crippen LogP contribution is 2.37. The Labute approximate surface area is 143 Å². The molecule has 1 aromatic carbocycles. The number of hydrogen-bond donors (Lipinski definition) is 1. The summed E-state index contributed by atoms with van der Waals surface area (Å²) >= 11 is 1.25. The van der Waals surface area contributed by atoms with Crippen molar-refractivity contribution in [2.24, 2.45) is 0 Å². The third-order valence-corrected chi connectivity index (χ3v) is 4.26. The second-order valence-corrected chi connectivity index (χ2v) is 5.80. The summed E-state index contributed by atoms with van der Waals surface area (Å²) in [6.45, 7) is 0. The van der Waals surface area contributed by atoms with E-state index >= 15 is 0 Å². The van der Waals surface area contributed by atoms with Crippen LogP contribution in [0, 0.1) is 22.7 Å². The molecule has 2 aromatic heterocycles. The zero-order valence-electron chi connectivity index (χ0n) is 12.5. The third kappa shape index (κ3) is 2.91. The number of nitrogens with zero attached hydrogens (tertiary/aromatic N) is 4. The van der Waals surface area contributed by atoms with Gasteiger partial charge in [-0.2, -0.15) is 10.5 Å². The van der Waals surface area contributed by atoms with Crippen LogP contribution in [0.2, 0.25) is 0 Å². The van der Waals surface area contributed by atoms with E-state index in [0.717, 1.165) is 5.56 Å². The molecule has 0 saturated carbocycles. The van der Waals surface area contributed by atoms with Gasteiger partial charge in [0.2, 0.25) is 0 Å². The van der Waals surface area contributed by atoms with Crippen molar-refractivity contribution in [2.75, 3.05) is 5.73 Å². The average molecular weight is 329 g/mol. The lowest BCUT2D eigenvalue weighted by Crippen LogP contribution is -2.03. The Hall–Kier alpha value is -3.35. The molecular weight excluding hydrogens is 318 g/mol. The van der Waals surface area contributed by atoms with Gasteiger partial charge in [-0.15, -0.1) is 0 Å². The first-order valence-corrected chi connectivity index (χ1v) is 7.84. The van der Waals surface area contributed by atoms with Gasteiger partial charge in [0.05, 0.1) is 5.56 Å². The number of rotatable bonds is 3. The Morgan fingerprint density at radius 1 is 0.917 bits per heavy atom. The summed E-state index contributed by atoms with van der Waals surface area (Å²) in [4.78, 5) is 8.48. The van der Waals surface area contributed by atoms with Gasteiger partial charge < -0.3 is 5.73 Å². The molecule has 0 radical (unpaired) electrons. The maximum absolute atomic E-state index is 9.68. The molecule has 0 saturated heterocycles. The van der Waals surface area contributed by atoms with Crippen molar-refractivity contribution >= 4 is 17.6 Å². The first-order chi connectivity index (χ1) is 11.7. The van der Waals surface area contributed by atoms with Gasteiger partial charge in [0, 0.05) is 11.8 Å². The van der Waals surface area contributed by atoms with E-state index in [1.54, 1.807) is 6.20 Å². The zero-order chi connectivity index (χ0) is 16.9. The van der Waals surface area contributed by atoms with Crippen LogP contribution < -0.4 is 5.73 Å². The lowest BCUT2D eigenvalue weighted by atomic mass is 9.97. The minimum atomic E-state index is 0.105. The number of pyridine rings is 2. The van der Waals surface area contributed by atoms with Crippen LogP contribution in [0.1, 0.15) is 11.1 Å². The molecule has 2 heterocycles. The van der Waals surface area contributed by atoms with Crippen molar-refractivity contribution in [1.29, 1.82) is 10.5 Å². The number of nitrogens with two attached hydrogens (primary N) is 1. The summed E-state index contributed by atoms with van der Waals surface area (Å²) in [6, 6.07) is 19.0. The molecule has 24 heavy (non-hydrogen) atoms. The lowest BCUT2D eigenvalue weighted by Gasteiger charge is -2.12.